The number of nitrogens with one attached hydrogen (secondary N) is 2. The van der Waals surface area contributed by atoms with E-state index in [9.17, 15) is 9.59 Å². The molecule has 2 aromatic rings. The topological polar surface area (TPSA) is 79.8 Å². The summed E-state index contributed by atoms with van der Waals surface area (Å²) in [4.78, 5) is 23.9. The molecule has 0 aromatic heterocycles. The summed E-state index contributed by atoms with van der Waals surface area (Å²) >= 11 is 5.97. The van der Waals surface area contributed by atoms with Crippen LogP contribution in [0.5, 0.6) is 5.75 Å². The highest BCUT2D eigenvalue weighted by Gasteiger charge is 2.16. The standard InChI is InChI=1S/C20H20ClN3O3/c1-3-11-27-18-10-9-17(21)12-16(18)13-22-24-20(26)19(25)23-14(2)15-7-5-4-6-8-15/h3-10,12-14H,1,11H2,2H3,(H,23,25)(H,24,26)/b22-13-/t14-/m0/s1. The Balaban J connectivity index is 1.95. The van der Waals surface area contributed by atoms with E-state index in [1.165, 1.54) is 6.21 Å². The van der Waals surface area contributed by atoms with Crippen molar-refractivity contribution in [2.24, 2.45) is 5.10 Å². The van der Waals surface area contributed by atoms with E-state index in [2.05, 4.69) is 22.4 Å². The Morgan fingerprint density at radius 2 is 1.96 bits per heavy atom. The number of carbonyl (C=O) groups is 2. The number of benzene rings is 2. The number of amides is 2. The van der Waals surface area contributed by atoms with E-state index in [1.54, 1.807) is 31.2 Å². The average molecular weight is 386 g/mol. The summed E-state index contributed by atoms with van der Waals surface area (Å²) < 4.78 is 5.49. The summed E-state index contributed by atoms with van der Waals surface area (Å²) in [6.07, 6.45) is 2.96. The van der Waals surface area contributed by atoms with Crippen LogP contribution < -0.4 is 15.5 Å². The Morgan fingerprint density at radius 3 is 2.67 bits per heavy atom. The molecule has 2 N–H and O–H groups in total. The van der Waals surface area contributed by atoms with Crippen molar-refractivity contribution in [1.82, 2.24) is 10.7 Å². The quantitative estimate of drug-likeness (QED) is 0.332. The highest BCUT2D eigenvalue weighted by Crippen LogP contribution is 2.21. The minimum atomic E-state index is -0.871. The van der Waals surface area contributed by atoms with Crippen LogP contribution in [-0.4, -0.2) is 24.6 Å². The van der Waals surface area contributed by atoms with Crippen molar-refractivity contribution < 1.29 is 14.3 Å². The maximum atomic E-state index is 12.0. The Morgan fingerprint density at radius 1 is 1.22 bits per heavy atom. The van der Waals surface area contributed by atoms with Crippen molar-refractivity contribution in [3.63, 3.8) is 0 Å². The number of hydrogen-bond acceptors (Lipinski definition) is 4. The third-order valence-corrected chi connectivity index (χ3v) is 3.79. The van der Waals surface area contributed by atoms with Crippen molar-refractivity contribution in [3.05, 3.63) is 77.3 Å². The third-order valence-electron chi connectivity index (χ3n) is 3.55. The lowest BCUT2D eigenvalue weighted by Crippen LogP contribution is -2.39. The second-order valence-electron chi connectivity index (χ2n) is 5.59. The van der Waals surface area contributed by atoms with Gasteiger partial charge >= 0.3 is 11.8 Å². The molecule has 7 heteroatoms. The monoisotopic (exact) mass is 385 g/mol. The van der Waals surface area contributed by atoms with Crippen LogP contribution in [0, 0.1) is 0 Å². The summed E-state index contributed by atoms with van der Waals surface area (Å²) in [6, 6.07) is 14.0. The van der Waals surface area contributed by atoms with Crippen molar-refractivity contribution in [3.8, 4) is 5.75 Å². The molecule has 2 rings (SSSR count). The van der Waals surface area contributed by atoms with Crippen LogP contribution >= 0.6 is 11.6 Å². The molecule has 0 spiro atoms. The Labute approximate surface area is 162 Å². The number of nitrogens with zero attached hydrogens (tertiary/aromatic N) is 1. The van der Waals surface area contributed by atoms with E-state index in [0.29, 0.717) is 22.9 Å². The zero-order valence-electron chi connectivity index (χ0n) is 14.8. The van der Waals surface area contributed by atoms with Gasteiger partial charge in [-0.3, -0.25) is 9.59 Å². The molecule has 0 aliphatic carbocycles. The Bertz CT molecular complexity index is 838. The van der Waals surface area contributed by atoms with Gasteiger partial charge in [-0.05, 0) is 30.7 Å². The van der Waals surface area contributed by atoms with Crippen LogP contribution in [0.4, 0.5) is 0 Å². The molecule has 1 atom stereocenters. The van der Waals surface area contributed by atoms with Gasteiger partial charge < -0.3 is 10.1 Å². The summed E-state index contributed by atoms with van der Waals surface area (Å²) in [5.74, 6) is -1.12. The van der Waals surface area contributed by atoms with Gasteiger partial charge in [-0.15, -0.1) is 0 Å². The molecule has 0 fully saturated rings. The van der Waals surface area contributed by atoms with E-state index >= 15 is 0 Å². The molecular weight excluding hydrogens is 366 g/mol. The molecule has 0 saturated carbocycles. The van der Waals surface area contributed by atoms with Crippen molar-refractivity contribution >= 4 is 29.6 Å². The number of hydrazone groups is 1. The van der Waals surface area contributed by atoms with Gasteiger partial charge in [0, 0.05) is 10.6 Å². The maximum absolute atomic E-state index is 12.0. The fourth-order valence-electron chi connectivity index (χ4n) is 2.20. The predicted octanol–water partition coefficient (Wildman–Crippen LogP) is 3.23. The number of halogens is 1. The first kappa shape index (κ1) is 20.2. The number of carbonyl (C=O) groups excluding carboxylic acids is 2. The van der Waals surface area contributed by atoms with Gasteiger partial charge in [0.2, 0.25) is 0 Å². The van der Waals surface area contributed by atoms with Crippen LogP contribution in [-0.2, 0) is 9.59 Å². The third kappa shape index (κ3) is 6.27. The number of ether oxygens (including phenoxy) is 1. The van der Waals surface area contributed by atoms with E-state index in [0.717, 1.165) is 5.56 Å². The summed E-state index contributed by atoms with van der Waals surface area (Å²) in [5.41, 5.74) is 3.64. The van der Waals surface area contributed by atoms with Crippen LogP contribution in [0.1, 0.15) is 24.1 Å². The van der Waals surface area contributed by atoms with Gasteiger partial charge in [0.25, 0.3) is 0 Å². The first-order valence-corrected chi connectivity index (χ1v) is 8.61. The smallest absolute Gasteiger partial charge is 0.329 e. The van der Waals surface area contributed by atoms with Gasteiger partial charge in [-0.1, -0.05) is 54.6 Å². The van der Waals surface area contributed by atoms with Gasteiger partial charge in [0.1, 0.15) is 12.4 Å². The molecule has 0 heterocycles. The molecule has 0 radical (unpaired) electrons. The zero-order valence-corrected chi connectivity index (χ0v) is 15.6. The fourth-order valence-corrected chi connectivity index (χ4v) is 2.38. The van der Waals surface area contributed by atoms with Crippen LogP contribution in [0.25, 0.3) is 0 Å². The van der Waals surface area contributed by atoms with Crippen LogP contribution in [0.3, 0.4) is 0 Å². The molecule has 0 aliphatic rings. The minimum Gasteiger partial charge on any atom is -0.489 e. The molecular formula is C20H20ClN3O3. The lowest BCUT2D eigenvalue weighted by Gasteiger charge is -2.13. The number of rotatable bonds is 7. The van der Waals surface area contributed by atoms with E-state index < -0.39 is 11.8 Å². The van der Waals surface area contributed by atoms with Gasteiger partial charge in [-0.2, -0.15) is 5.10 Å². The van der Waals surface area contributed by atoms with Crippen molar-refractivity contribution in [1.29, 1.82) is 0 Å². The van der Waals surface area contributed by atoms with E-state index in [-0.39, 0.29) is 6.04 Å². The SMILES string of the molecule is C=CCOc1ccc(Cl)cc1/C=N\NC(=O)C(=O)N[C@@H](C)c1ccccc1. The van der Waals surface area contributed by atoms with Gasteiger partial charge in [-0.25, -0.2) is 5.43 Å². The van der Waals surface area contributed by atoms with E-state index in [1.807, 2.05) is 30.3 Å². The first-order chi connectivity index (χ1) is 13.0. The largest absolute Gasteiger partial charge is 0.489 e. The Hall–Kier alpha value is -3.12. The maximum Gasteiger partial charge on any atom is 0.329 e. The Kier molecular flexibility index (Phi) is 7.58. The highest BCUT2D eigenvalue weighted by molar-refractivity contribution is 6.35. The molecule has 27 heavy (non-hydrogen) atoms. The van der Waals surface area contributed by atoms with Crippen molar-refractivity contribution in [2.45, 2.75) is 13.0 Å². The summed E-state index contributed by atoms with van der Waals surface area (Å²) in [6.45, 7) is 5.69. The first-order valence-electron chi connectivity index (χ1n) is 8.23. The lowest BCUT2D eigenvalue weighted by molar-refractivity contribution is -0.139. The van der Waals surface area contributed by atoms with Crippen molar-refractivity contribution in [2.75, 3.05) is 6.61 Å². The summed E-state index contributed by atoms with van der Waals surface area (Å²) in [7, 11) is 0. The molecule has 2 amide bonds. The van der Waals surface area contributed by atoms with Gasteiger partial charge in [0.15, 0.2) is 0 Å². The van der Waals surface area contributed by atoms with Crippen LogP contribution in [0.2, 0.25) is 5.02 Å². The second-order valence-corrected chi connectivity index (χ2v) is 6.02. The average Bonchev–Trinajstić information content (AvgIpc) is 2.67. The van der Waals surface area contributed by atoms with E-state index in [4.69, 9.17) is 16.3 Å². The molecule has 0 unspecified atom stereocenters. The second kappa shape index (κ2) is 10.1. The lowest BCUT2D eigenvalue weighted by atomic mass is 10.1. The molecule has 0 saturated heterocycles. The normalized spacial score (nSPS) is 11.6. The molecule has 2 aromatic carbocycles. The molecule has 6 nitrogen and oxygen atoms in total. The fraction of sp³-hybridized carbons (Fsp3) is 0.150. The molecule has 140 valence electrons. The van der Waals surface area contributed by atoms with Gasteiger partial charge in [0.05, 0.1) is 12.3 Å². The molecule has 0 aliphatic heterocycles. The molecule has 0 bridgehead atoms. The number of hydrogen-bond donors (Lipinski definition) is 2. The summed E-state index contributed by atoms with van der Waals surface area (Å²) in [5, 5.41) is 6.90. The highest BCUT2D eigenvalue weighted by atomic mass is 35.5. The minimum absolute atomic E-state index is 0.305. The zero-order chi connectivity index (χ0) is 19.6. The van der Waals surface area contributed by atoms with Crippen LogP contribution in [0.15, 0.2) is 66.3 Å². The predicted molar refractivity (Wildman–Crippen MR) is 106 cm³/mol.